The topological polar surface area (TPSA) is 70.2 Å². The lowest BCUT2D eigenvalue weighted by Gasteiger charge is -2.31. The van der Waals surface area contributed by atoms with Crippen LogP contribution in [-0.4, -0.2) is 42.1 Å². The smallest absolute Gasteiger partial charge is 0.232 e. The first-order chi connectivity index (χ1) is 17.6. The molecule has 1 aromatic heterocycles. The molecule has 1 aliphatic rings. The summed E-state index contributed by atoms with van der Waals surface area (Å²) >= 11 is 0. The highest BCUT2D eigenvalue weighted by molar-refractivity contribution is 5.90. The zero-order valence-electron chi connectivity index (χ0n) is 20.9. The quantitative estimate of drug-likeness (QED) is 0.373. The SMILES string of the molecule is CN(C)c1nc(NC2CCC(NC(=O)C(c3ccccc3)c3ccccc3)CC2)nc2ccccc12. The van der Waals surface area contributed by atoms with Gasteiger partial charge in [-0.2, -0.15) is 4.98 Å². The summed E-state index contributed by atoms with van der Waals surface area (Å²) in [5, 5.41) is 7.95. The largest absolute Gasteiger partial charge is 0.362 e. The summed E-state index contributed by atoms with van der Waals surface area (Å²) in [5.41, 5.74) is 2.97. The van der Waals surface area contributed by atoms with Crippen molar-refractivity contribution in [3.8, 4) is 0 Å². The molecule has 1 fully saturated rings. The molecular weight excluding hydrogens is 446 g/mol. The minimum Gasteiger partial charge on any atom is -0.362 e. The fourth-order valence-electron chi connectivity index (χ4n) is 5.10. The standard InChI is InChI=1S/C30H33N5O/c1-35(2)28-25-15-9-10-16-26(25)33-30(34-28)32-24-19-17-23(18-20-24)31-29(36)27(21-11-5-3-6-12-21)22-13-7-4-8-14-22/h3-16,23-24,27H,17-20H2,1-2H3,(H,31,36)(H,32,33,34). The van der Waals surface area contributed by atoms with Gasteiger partial charge >= 0.3 is 0 Å². The van der Waals surface area contributed by atoms with Crippen molar-refractivity contribution < 1.29 is 4.79 Å². The van der Waals surface area contributed by atoms with Crippen molar-refractivity contribution in [3.63, 3.8) is 0 Å². The molecule has 3 aromatic carbocycles. The zero-order valence-corrected chi connectivity index (χ0v) is 20.9. The Kier molecular flexibility index (Phi) is 7.12. The molecule has 36 heavy (non-hydrogen) atoms. The minimum atomic E-state index is -0.307. The number of hydrogen-bond donors (Lipinski definition) is 2. The van der Waals surface area contributed by atoms with E-state index in [4.69, 9.17) is 9.97 Å². The normalized spacial score (nSPS) is 17.6. The number of amides is 1. The van der Waals surface area contributed by atoms with E-state index < -0.39 is 0 Å². The Bertz CT molecular complexity index is 1260. The lowest BCUT2D eigenvalue weighted by molar-refractivity contribution is -0.122. The monoisotopic (exact) mass is 479 g/mol. The maximum absolute atomic E-state index is 13.5. The second kappa shape index (κ2) is 10.8. The van der Waals surface area contributed by atoms with E-state index in [1.54, 1.807) is 0 Å². The first-order valence-electron chi connectivity index (χ1n) is 12.7. The van der Waals surface area contributed by atoms with Gasteiger partial charge in [0.2, 0.25) is 11.9 Å². The maximum Gasteiger partial charge on any atom is 0.232 e. The Morgan fingerprint density at radius 3 is 1.94 bits per heavy atom. The van der Waals surface area contributed by atoms with Crippen molar-refractivity contribution >= 4 is 28.6 Å². The van der Waals surface area contributed by atoms with Gasteiger partial charge in [0, 0.05) is 31.6 Å². The van der Waals surface area contributed by atoms with Crippen LogP contribution in [0.5, 0.6) is 0 Å². The first kappa shape index (κ1) is 23.8. The number of nitrogens with one attached hydrogen (secondary N) is 2. The van der Waals surface area contributed by atoms with Gasteiger partial charge in [-0.3, -0.25) is 4.79 Å². The lowest BCUT2D eigenvalue weighted by Crippen LogP contribution is -2.42. The van der Waals surface area contributed by atoms with Crippen molar-refractivity contribution in [2.75, 3.05) is 24.3 Å². The van der Waals surface area contributed by atoms with Crippen LogP contribution in [0, 0.1) is 0 Å². The fourth-order valence-corrected chi connectivity index (χ4v) is 5.10. The van der Waals surface area contributed by atoms with Crippen LogP contribution in [0.3, 0.4) is 0 Å². The number of carbonyl (C=O) groups excluding carboxylic acids is 1. The van der Waals surface area contributed by atoms with E-state index >= 15 is 0 Å². The number of para-hydroxylation sites is 1. The van der Waals surface area contributed by atoms with Crippen LogP contribution in [0.15, 0.2) is 84.9 Å². The number of rotatable bonds is 7. The van der Waals surface area contributed by atoms with Crippen molar-refractivity contribution in [3.05, 3.63) is 96.1 Å². The highest BCUT2D eigenvalue weighted by atomic mass is 16.1. The number of carbonyl (C=O) groups is 1. The lowest BCUT2D eigenvalue weighted by atomic mass is 9.88. The Labute approximate surface area is 212 Å². The van der Waals surface area contributed by atoms with E-state index in [-0.39, 0.29) is 23.9 Å². The Balaban J connectivity index is 1.24. The molecule has 0 atom stereocenters. The van der Waals surface area contributed by atoms with Gasteiger partial charge in [0.05, 0.1) is 11.4 Å². The maximum atomic E-state index is 13.5. The molecule has 0 bridgehead atoms. The van der Waals surface area contributed by atoms with Crippen molar-refractivity contribution in [2.24, 2.45) is 0 Å². The first-order valence-corrected chi connectivity index (χ1v) is 12.7. The predicted molar refractivity (Wildman–Crippen MR) is 146 cm³/mol. The van der Waals surface area contributed by atoms with Crippen molar-refractivity contribution in [1.29, 1.82) is 0 Å². The number of benzene rings is 3. The van der Waals surface area contributed by atoms with Gasteiger partial charge in [-0.15, -0.1) is 0 Å². The molecule has 0 unspecified atom stereocenters. The van der Waals surface area contributed by atoms with E-state index in [2.05, 4.69) is 16.7 Å². The van der Waals surface area contributed by atoms with Gasteiger partial charge in [-0.25, -0.2) is 4.98 Å². The summed E-state index contributed by atoms with van der Waals surface area (Å²) in [7, 11) is 4.01. The molecule has 5 rings (SSSR count). The summed E-state index contributed by atoms with van der Waals surface area (Å²) in [6.07, 6.45) is 3.77. The van der Waals surface area contributed by atoms with Gasteiger partial charge in [0.25, 0.3) is 0 Å². The van der Waals surface area contributed by atoms with E-state index in [9.17, 15) is 4.79 Å². The van der Waals surface area contributed by atoms with Crippen molar-refractivity contribution in [1.82, 2.24) is 15.3 Å². The fraction of sp³-hybridized carbons (Fsp3) is 0.300. The van der Waals surface area contributed by atoms with Crippen LogP contribution in [0.1, 0.15) is 42.7 Å². The number of hydrogen-bond acceptors (Lipinski definition) is 5. The number of aromatic nitrogens is 2. The van der Waals surface area contributed by atoms with Crippen LogP contribution in [0.25, 0.3) is 10.9 Å². The van der Waals surface area contributed by atoms with Gasteiger partial charge in [-0.1, -0.05) is 72.8 Å². The number of nitrogens with zero attached hydrogens (tertiary/aromatic N) is 3. The average Bonchev–Trinajstić information content (AvgIpc) is 2.91. The highest BCUT2D eigenvalue weighted by Crippen LogP contribution is 2.28. The minimum absolute atomic E-state index is 0.0669. The van der Waals surface area contributed by atoms with Crippen LogP contribution in [0.4, 0.5) is 11.8 Å². The Morgan fingerprint density at radius 2 is 1.33 bits per heavy atom. The van der Waals surface area contributed by atoms with Crippen LogP contribution >= 0.6 is 0 Å². The number of fused-ring (bicyclic) bond motifs is 1. The van der Waals surface area contributed by atoms with Crippen LogP contribution in [-0.2, 0) is 4.79 Å². The molecule has 4 aromatic rings. The third kappa shape index (κ3) is 5.33. The molecule has 1 heterocycles. The molecule has 1 saturated carbocycles. The summed E-state index contributed by atoms with van der Waals surface area (Å²) < 4.78 is 0. The Hall–Kier alpha value is -3.93. The van der Waals surface area contributed by atoms with E-state index in [1.807, 2.05) is 97.9 Å². The summed E-state index contributed by atoms with van der Waals surface area (Å²) in [6.45, 7) is 0. The molecule has 0 aliphatic heterocycles. The molecule has 184 valence electrons. The summed E-state index contributed by atoms with van der Waals surface area (Å²) in [5.74, 6) is 1.34. The zero-order chi connectivity index (χ0) is 24.9. The second-order valence-electron chi connectivity index (χ2n) is 9.74. The van der Waals surface area contributed by atoms with Crippen LogP contribution in [0.2, 0.25) is 0 Å². The van der Waals surface area contributed by atoms with E-state index in [1.165, 1.54) is 0 Å². The van der Waals surface area contributed by atoms with E-state index in [0.29, 0.717) is 5.95 Å². The van der Waals surface area contributed by atoms with Crippen LogP contribution < -0.4 is 15.5 Å². The predicted octanol–water partition coefficient (Wildman–Crippen LogP) is 5.37. The molecule has 6 nitrogen and oxygen atoms in total. The average molecular weight is 480 g/mol. The van der Waals surface area contributed by atoms with Gasteiger partial charge in [-0.05, 0) is 48.9 Å². The Morgan fingerprint density at radius 1 is 0.778 bits per heavy atom. The third-order valence-electron chi connectivity index (χ3n) is 6.94. The molecule has 2 N–H and O–H groups in total. The van der Waals surface area contributed by atoms with E-state index in [0.717, 1.165) is 53.5 Å². The van der Waals surface area contributed by atoms with Gasteiger partial charge in [0.15, 0.2) is 0 Å². The summed E-state index contributed by atoms with van der Waals surface area (Å²) in [4.78, 5) is 25.0. The summed E-state index contributed by atoms with van der Waals surface area (Å²) in [6, 6.07) is 28.6. The molecule has 0 saturated heterocycles. The highest BCUT2D eigenvalue weighted by Gasteiger charge is 2.28. The van der Waals surface area contributed by atoms with Crippen molar-refractivity contribution in [2.45, 2.75) is 43.7 Å². The van der Waals surface area contributed by atoms with Gasteiger partial charge in [0.1, 0.15) is 5.82 Å². The third-order valence-corrected chi connectivity index (χ3v) is 6.94. The van der Waals surface area contributed by atoms with Gasteiger partial charge < -0.3 is 15.5 Å². The molecule has 6 heteroatoms. The molecule has 1 amide bonds. The number of anilines is 2. The molecule has 1 aliphatic carbocycles. The molecular formula is C30H33N5O. The molecule has 0 radical (unpaired) electrons. The second-order valence-corrected chi connectivity index (χ2v) is 9.74. The molecule has 0 spiro atoms.